The van der Waals surface area contributed by atoms with Crippen LogP contribution in [-0.2, 0) is 14.8 Å². The first-order chi connectivity index (χ1) is 11.0. The molecule has 6 nitrogen and oxygen atoms in total. The van der Waals surface area contributed by atoms with E-state index in [1.807, 2.05) is 6.92 Å². The first-order valence-corrected chi connectivity index (χ1v) is 9.61. The van der Waals surface area contributed by atoms with Crippen LogP contribution in [-0.4, -0.2) is 41.1 Å². The fourth-order valence-corrected chi connectivity index (χ4v) is 5.01. The number of carbonyl (C=O) groups excluding carboxylic acids is 1. The molecule has 0 atom stereocenters. The summed E-state index contributed by atoms with van der Waals surface area (Å²) in [6.07, 6.45) is 0.981. The molecule has 0 fully saturated rings. The van der Waals surface area contributed by atoms with Gasteiger partial charge in [-0.05, 0) is 19.0 Å². The lowest BCUT2D eigenvalue weighted by atomic mass is 10.2. The van der Waals surface area contributed by atoms with Crippen molar-refractivity contribution in [3.63, 3.8) is 0 Å². The number of thiophene rings is 1. The van der Waals surface area contributed by atoms with E-state index in [2.05, 4.69) is 10.0 Å². The van der Waals surface area contributed by atoms with Gasteiger partial charge >= 0.3 is 5.97 Å². The standard InChI is InChI=1S/C15H20N2O4S2/c1-3-8-16-9-10-17-23(19,20)14-11-6-4-5-7-12(11)22-13(14)15(18)21-2/h4-7,16-17H,3,8-10H2,1-2H3. The minimum Gasteiger partial charge on any atom is -0.465 e. The molecule has 0 unspecified atom stereocenters. The fraction of sp³-hybridized carbons (Fsp3) is 0.400. The van der Waals surface area contributed by atoms with Crippen LogP contribution >= 0.6 is 11.3 Å². The molecule has 1 aromatic carbocycles. The van der Waals surface area contributed by atoms with Gasteiger partial charge in [-0.15, -0.1) is 11.3 Å². The van der Waals surface area contributed by atoms with Gasteiger partial charge in [0.1, 0.15) is 9.77 Å². The zero-order valence-corrected chi connectivity index (χ0v) is 14.7. The van der Waals surface area contributed by atoms with E-state index in [0.717, 1.165) is 29.0 Å². The first-order valence-electron chi connectivity index (χ1n) is 7.31. The summed E-state index contributed by atoms with van der Waals surface area (Å²) in [5, 5.41) is 3.66. The molecule has 0 bridgehead atoms. The second-order valence-electron chi connectivity index (χ2n) is 4.90. The predicted octanol–water partition coefficient (Wildman–Crippen LogP) is 1.97. The average Bonchev–Trinajstić information content (AvgIpc) is 2.94. The molecule has 23 heavy (non-hydrogen) atoms. The number of sulfonamides is 1. The molecule has 1 heterocycles. The smallest absolute Gasteiger partial charge is 0.349 e. The molecule has 1 aromatic heterocycles. The van der Waals surface area contributed by atoms with E-state index in [9.17, 15) is 13.2 Å². The van der Waals surface area contributed by atoms with Crippen LogP contribution in [0, 0.1) is 0 Å². The molecule has 0 saturated carbocycles. The van der Waals surface area contributed by atoms with Crippen molar-refractivity contribution >= 4 is 37.4 Å². The maximum absolute atomic E-state index is 12.6. The van der Waals surface area contributed by atoms with Crippen molar-refractivity contribution in [2.24, 2.45) is 0 Å². The predicted molar refractivity (Wildman–Crippen MR) is 91.5 cm³/mol. The van der Waals surface area contributed by atoms with Gasteiger partial charge in [0, 0.05) is 23.2 Å². The number of methoxy groups -OCH3 is 1. The monoisotopic (exact) mass is 356 g/mol. The van der Waals surface area contributed by atoms with Gasteiger partial charge in [-0.1, -0.05) is 25.1 Å². The summed E-state index contributed by atoms with van der Waals surface area (Å²) < 4.78 is 33.3. The number of benzene rings is 1. The normalized spacial score (nSPS) is 11.7. The summed E-state index contributed by atoms with van der Waals surface area (Å²) in [7, 11) is -2.56. The van der Waals surface area contributed by atoms with Crippen molar-refractivity contribution < 1.29 is 17.9 Å². The van der Waals surface area contributed by atoms with Crippen molar-refractivity contribution in [2.45, 2.75) is 18.2 Å². The highest BCUT2D eigenvalue weighted by molar-refractivity contribution is 7.90. The number of fused-ring (bicyclic) bond motifs is 1. The number of ether oxygens (including phenoxy) is 1. The number of hydrogen-bond donors (Lipinski definition) is 2. The number of rotatable bonds is 8. The highest BCUT2D eigenvalue weighted by atomic mass is 32.2. The van der Waals surface area contributed by atoms with E-state index in [-0.39, 0.29) is 16.3 Å². The van der Waals surface area contributed by atoms with Crippen LogP contribution in [0.1, 0.15) is 23.0 Å². The number of hydrogen-bond acceptors (Lipinski definition) is 6. The molecule has 126 valence electrons. The van der Waals surface area contributed by atoms with Gasteiger partial charge in [0.2, 0.25) is 10.0 Å². The third-order valence-corrected chi connectivity index (χ3v) is 6.04. The fourth-order valence-electron chi connectivity index (χ4n) is 2.16. The zero-order valence-electron chi connectivity index (χ0n) is 13.1. The lowest BCUT2D eigenvalue weighted by molar-refractivity contribution is 0.0602. The van der Waals surface area contributed by atoms with Crippen LogP contribution in [0.3, 0.4) is 0 Å². The van der Waals surface area contributed by atoms with Gasteiger partial charge in [-0.25, -0.2) is 17.9 Å². The Kier molecular flexibility index (Phi) is 6.11. The van der Waals surface area contributed by atoms with Gasteiger partial charge in [0.05, 0.1) is 7.11 Å². The summed E-state index contributed by atoms with van der Waals surface area (Å²) in [5.74, 6) is -0.643. The van der Waals surface area contributed by atoms with E-state index in [1.54, 1.807) is 24.3 Å². The van der Waals surface area contributed by atoms with Crippen molar-refractivity contribution in [3.05, 3.63) is 29.1 Å². The zero-order chi connectivity index (χ0) is 16.9. The molecule has 0 spiro atoms. The van der Waals surface area contributed by atoms with E-state index in [0.29, 0.717) is 11.9 Å². The van der Waals surface area contributed by atoms with Crippen molar-refractivity contribution in [1.82, 2.24) is 10.0 Å². The Morgan fingerprint density at radius 3 is 2.65 bits per heavy atom. The quantitative estimate of drug-likeness (QED) is 0.558. The molecule has 0 aliphatic carbocycles. The minimum atomic E-state index is -3.80. The lowest BCUT2D eigenvalue weighted by Gasteiger charge is -2.08. The van der Waals surface area contributed by atoms with Crippen molar-refractivity contribution in [1.29, 1.82) is 0 Å². The van der Waals surface area contributed by atoms with E-state index < -0.39 is 16.0 Å². The van der Waals surface area contributed by atoms with E-state index in [1.165, 1.54) is 7.11 Å². The first kappa shape index (κ1) is 17.9. The Bertz CT molecular complexity index is 784. The summed E-state index contributed by atoms with van der Waals surface area (Å²) in [5.41, 5.74) is 0. The van der Waals surface area contributed by atoms with Gasteiger partial charge in [-0.2, -0.15) is 0 Å². The molecule has 0 aliphatic heterocycles. The number of esters is 1. The van der Waals surface area contributed by atoms with Crippen LogP contribution in [0.2, 0.25) is 0 Å². The van der Waals surface area contributed by atoms with Crippen LogP contribution in [0.25, 0.3) is 10.1 Å². The van der Waals surface area contributed by atoms with Crippen molar-refractivity contribution in [3.8, 4) is 0 Å². The maximum atomic E-state index is 12.6. The second kappa shape index (κ2) is 7.87. The Balaban J connectivity index is 2.34. The summed E-state index contributed by atoms with van der Waals surface area (Å²) in [6, 6.07) is 7.03. The van der Waals surface area contributed by atoms with Crippen LogP contribution in [0.4, 0.5) is 0 Å². The topological polar surface area (TPSA) is 84.5 Å². The highest BCUT2D eigenvalue weighted by Gasteiger charge is 2.28. The van der Waals surface area contributed by atoms with Crippen molar-refractivity contribution in [2.75, 3.05) is 26.7 Å². The molecule has 2 rings (SSSR count). The largest absolute Gasteiger partial charge is 0.465 e. The molecule has 2 N–H and O–H groups in total. The molecular formula is C15H20N2O4S2. The average molecular weight is 356 g/mol. The van der Waals surface area contributed by atoms with Crippen LogP contribution < -0.4 is 10.0 Å². The Morgan fingerprint density at radius 1 is 1.22 bits per heavy atom. The second-order valence-corrected chi connectivity index (χ2v) is 7.65. The van der Waals surface area contributed by atoms with Gasteiger partial charge in [0.15, 0.2) is 0 Å². The third-order valence-electron chi connectivity index (χ3n) is 3.21. The van der Waals surface area contributed by atoms with Gasteiger partial charge in [0.25, 0.3) is 0 Å². The Morgan fingerprint density at radius 2 is 1.96 bits per heavy atom. The van der Waals surface area contributed by atoms with Crippen LogP contribution in [0.15, 0.2) is 29.2 Å². The SMILES string of the molecule is CCCNCCNS(=O)(=O)c1c(C(=O)OC)sc2ccccc12. The number of carbonyl (C=O) groups is 1. The van der Waals surface area contributed by atoms with Gasteiger partial charge < -0.3 is 10.1 Å². The number of nitrogens with one attached hydrogen (secondary N) is 2. The molecule has 0 aliphatic rings. The maximum Gasteiger partial charge on any atom is 0.349 e. The molecule has 0 saturated heterocycles. The minimum absolute atomic E-state index is 0.000409. The van der Waals surface area contributed by atoms with E-state index in [4.69, 9.17) is 4.74 Å². The highest BCUT2D eigenvalue weighted by Crippen LogP contribution is 2.34. The Hall–Kier alpha value is -1.48. The summed E-state index contributed by atoms with van der Waals surface area (Å²) in [6.45, 7) is 3.66. The van der Waals surface area contributed by atoms with E-state index >= 15 is 0 Å². The summed E-state index contributed by atoms with van der Waals surface area (Å²) in [4.78, 5) is 12.0. The molecule has 0 radical (unpaired) electrons. The van der Waals surface area contributed by atoms with Gasteiger partial charge in [-0.3, -0.25) is 0 Å². The molecule has 0 amide bonds. The van der Waals surface area contributed by atoms with Crippen LogP contribution in [0.5, 0.6) is 0 Å². The lowest BCUT2D eigenvalue weighted by Crippen LogP contribution is -2.32. The summed E-state index contributed by atoms with van der Waals surface area (Å²) >= 11 is 1.12. The molecular weight excluding hydrogens is 336 g/mol. The third kappa shape index (κ3) is 4.08. The molecule has 8 heteroatoms. The Labute approximate surface area is 139 Å². The molecule has 2 aromatic rings.